The molecule has 0 aliphatic carbocycles. The molecule has 2 fully saturated rings. The number of hydrogen-bond acceptors (Lipinski definition) is 3. The monoisotopic (exact) mass is 254 g/mol. The Morgan fingerprint density at radius 1 is 1.22 bits per heavy atom. The maximum Gasteiger partial charge on any atom is 0.308 e. The largest absolute Gasteiger partial charge is 0.481 e. The van der Waals surface area contributed by atoms with Gasteiger partial charge in [0.05, 0.1) is 5.92 Å². The first kappa shape index (κ1) is 13.8. The van der Waals surface area contributed by atoms with Crippen LogP contribution >= 0.6 is 0 Å². The van der Waals surface area contributed by atoms with Crippen molar-refractivity contribution in [2.45, 2.75) is 32.6 Å². The third kappa shape index (κ3) is 3.45. The summed E-state index contributed by atoms with van der Waals surface area (Å²) in [5.74, 6) is -0.410. The summed E-state index contributed by atoms with van der Waals surface area (Å²) >= 11 is 0. The van der Waals surface area contributed by atoms with E-state index in [-0.39, 0.29) is 5.92 Å². The second-order valence-electron chi connectivity index (χ2n) is 5.75. The fourth-order valence-electron chi connectivity index (χ4n) is 3.33. The van der Waals surface area contributed by atoms with Crippen LogP contribution in [0, 0.1) is 11.8 Å². The maximum absolute atomic E-state index is 11.5. The van der Waals surface area contributed by atoms with Crippen LogP contribution in [-0.4, -0.2) is 60.1 Å². The smallest absolute Gasteiger partial charge is 0.308 e. The number of rotatable bonds is 5. The zero-order valence-electron chi connectivity index (χ0n) is 11.5. The standard InChI is InChI=1S/C14H26N2O2/c1-2-15-9-6-12(10-15)13(14(17)18)11-16-7-4-3-5-8-16/h12-13H,2-11H2,1H3,(H,17,18). The van der Waals surface area contributed by atoms with Crippen molar-refractivity contribution in [3.05, 3.63) is 0 Å². The lowest BCUT2D eigenvalue weighted by Gasteiger charge is -2.31. The molecule has 0 aromatic rings. The van der Waals surface area contributed by atoms with Crippen LogP contribution in [0.3, 0.4) is 0 Å². The lowest BCUT2D eigenvalue weighted by Crippen LogP contribution is -2.40. The molecule has 2 atom stereocenters. The fraction of sp³-hybridized carbons (Fsp3) is 0.929. The van der Waals surface area contributed by atoms with Gasteiger partial charge in [0.15, 0.2) is 0 Å². The quantitative estimate of drug-likeness (QED) is 0.808. The summed E-state index contributed by atoms with van der Waals surface area (Å²) in [4.78, 5) is 16.2. The van der Waals surface area contributed by atoms with Crippen LogP contribution in [-0.2, 0) is 4.79 Å². The van der Waals surface area contributed by atoms with E-state index in [0.29, 0.717) is 5.92 Å². The summed E-state index contributed by atoms with van der Waals surface area (Å²) < 4.78 is 0. The molecule has 0 spiro atoms. The Hall–Kier alpha value is -0.610. The second kappa shape index (κ2) is 6.53. The van der Waals surface area contributed by atoms with Crippen LogP contribution in [0.4, 0.5) is 0 Å². The van der Waals surface area contributed by atoms with E-state index in [2.05, 4.69) is 16.7 Å². The van der Waals surface area contributed by atoms with E-state index in [0.717, 1.165) is 45.7 Å². The zero-order chi connectivity index (χ0) is 13.0. The van der Waals surface area contributed by atoms with Crippen LogP contribution in [0.5, 0.6) is 0 Å². The molecule has 0 aromatic carbocycles. The summed E-state index contributed by atoms with van der Waals surface area (Å²) in [6, 6.07) is 0. The van der Waals surface area contributed by atoms with Crippen molar-refractivity contribution in [2.75, 3.05) is 39.3 Å². The number of hydrogen-bond donors (Lipinski definition) is 1. The summed E-state index contributed by atoms with van der Waals surface area (Å²) in [6.45, 7) is 8.20. The van der Waals surface area contributed by atoms with Crippen molar-refractivity contribution in [3.63, 3.8) is 0 Å². The van der Waals surface area contributed by atoms with E-state index in [1.807, 2.05) is 0 Å². The number of nitrogens with zero attached hydrogens (tertiary/aromatic N) is 2. The lowest BCUT2D eigenvalue weighted by molar-refractivity contribution is -0.144. The van der Waals surface area contributed by atoms with Gasteiger partial charge < -0.3 is 14.9 Å². The van der Waals surface area contributed by atoms with Crippen LogP contribution in [0.25, 0.3) is 0 Å². The van der Waals surface area contributed by atoms with E-state index in [1.54, 1.807) is 0 Å². The first-order valence-corrected chi connectivity index (χ1v) is 7.38. The highest BCUT2D eigenvalue weighted by Gasteiger charge is 2.34. The first-order chi connectivity index (χ1) is 8.70. The maximum atomic E-state index is 11.5. The molecule has 0 amide bonds. The van der Waals surface area contributed by atoms with Crippen molar-refractivity contribution in [1.29, 1.82) is 0 Å². The minimum Gasteiger partial charge on any atom is -0.481 e. The molecule has 4 heteroatoms. The Morgan fingerprint density at radius 2 is 1.94 bits per heavy atom. The van der Waals surface area contributed by atoms with Gasteiger partial charge in [-0.2, -0.15) is 0 Å². The molecule has 2 unspecified atom stereocenters. The van der Waals surface area contributed by atoms with Crippen molar-refractivity contribution in [2.24, 2.45) is 11.8 Å². The molecule has 0 radical (unpaired) electrons. The van der Waals surface area contributed by atoms with Crippen molar-refractivity contribution in [1.82, 2.24) is 9.80 Å². The molecule has 0 aromatic heterocycles. The minimum absolute atomic E-state index is 0.167. The number of carboxylic acid groups (broad SMARTS) is 1. The molecule has 18 heavy (non-hydrogen) atoms. The van der Waals surface area contributed by atoms with E-state index < -0.39 is 5.97 Å². The SMILES string of the molecule is CCN1CCC(C(CN2CCCCC2)C(=O)O)C1. The minimum atomic E-state index is -0.594. The summed E-state index contributed by atoms with van der Waals surface area (Å²) in [6.07, 6.45) is 4.83. The highest BCUT2D eigenvalue weighted by molar-refractivity contribution is 5.70. The first-order valence-electron chi connectivity index (χ1n) is 7.38. The zero-order valence-corrected chi connectivity index (χ0v) is 11.5. The van der Waals surface area contributed by atoms with Gasteiger partial charge in [-0.3, -0.25) is 4.79 Å². The van der Waals surface area contributed by atoms with Crippen molar-refractivity contribution >= 4 is 5.97 Å². The van der Waals surface area contributed by atoms with Crippen LogP contribution < -0.4 is 0 Å². The summed E-state index contributed by atoms with van der Waals surface area (Å²) in [5, 5.41) is 9.48. The van der Waals surface area contributed by atoms with Gasteiger partial charge in [-0.25, -0.2) is 0 Å². The van der Waals surface area contributed by atoms with Crippen LogP contribution in [0.1, 0.15) is 32.6 Å². The molecular weight excluding hydrogens is 228 g/mol. The lowest BCUT2D eigenvalue weighted by atomic mass is 9.90. The van der Waals surface area contributed by atoms with Gasteiger partial charge in [0.1, 0.15) is 0 Å². The number of likely N-dealkylation sites (tertiary alicyclic amines) is 2. The topological polar surface area (TPSA) is 43.8 Å². The Labute approximate surface area is 110 Å². The molecule has 1 N–H and O–H groups in total. The second-order valence-corrected chi connectivity index (χ2v) is 5.75. The van der Waals surface area contributed by atoms with Gasteiger partial charge in [0, 0.05) is 13.1 Å². The Kier molecular flexibility index (Phi) is 5.01. The Balaban J connectivity index is 1.89. The van der Waals surface area contributed by atoms with Gasteiger partial charge in [-0.1, -0.05) is 13.3 Å². The number of aliphatic carboxylic acids is 1. The normalized spacial score (nSPS) is 28.4. The highest BCUT2D eigenvalue weighted by Crippen LogP contribution is 2.26. The molecule has 2 aliphatic heterocycles. The molecule has 2 aliphatic rings. The van der Waals surface area contributed by atoms with Gasteiger partial charge in [0.2, 0.25) is 0 Å². The van der Waals surface area contributed by atoms with E-state index in [4.69, 9.17) is 0 Å². The third-order valence-corrected chi connectivity index (χ3v) is 4.55. The molecule has 0 saturated carbocycles. The average molecular weight is 254 g/mol. The van der Waals surface area contributed by atoms with E-state index >= 15 is 0 Å². The van der Waals surface area contributed by atoms with Gasteiger partial charge >= 0.3 is 5.97 Å². The average Bonchev–Trinajstić information content (AvgIpc) is 2.85. The number of carbonyl (C=O) groups is 1. The van der Waals surface area contributed by atoms with Crippen LogP contribution in [0.15, 0.2) is 0 Å². The van der Waals surface area contributed by atoms with Crippen LogP contribution in [0.2, 0.25) is 0 Å². The number of piperidine rings is 1. The molecule has 2 rings (SSSR count). The molecular formula is C14H26N2O2. The Bertz CT molecular complexity index is 277. The van der Waals surface area contributed by atoms with Gasteiger partial charge in [-0.05, 0) is 51.4 Å². The highest BCUT2D eigenvalue weighted by atomic mass is 16.4. The Morgan fingerprint density at radius 3 is 2.50 bits per heavy atom. The van der Waals surface area contributed by atoms with E-state index in [9.17, 15) is 9.90 Å². The number of carboxylic acids is 1. The molecule has 2 heterocycles. The van der Waals surface area contributed by atoms with Crippen molar-refractivity contribution in [3.8, 4) is 0 Å². The fourth-order valence-corrected chi connectivity index (χ4v) is 3.33. The van der Waals surface area contributed by atoms with E-state index in [1.165, 1.54) is 19.3 Å². The summed E-state index contributed by atoms with van der Waals surface area (Å²) in [5.41, 5.74) is 0. The third-order valence-electron chi connectivity index (χ3n) is 4.55. The van der Waals surface area contributed by atoms with Gasteiger partial charge in [-0.15, -0.1) is 0 Å². The predicted molar refractivity (Wildman–Crippen MR) is 71.6 cm³/mol. The molecule has 104 valence electrons. The predicted octanol–water partition coefficient (Wildman–Crippen LogP) is 1.51. The molecule has 0 bridgehead atoms. The van der Waals surface area contributed by atoms with Crippen molar-refractivity contribution < 1.29 is 9.90 Å². The summed E-state index contributed by atoms with van der Waals surface area (Å²) in [7, 11) is 0. The molecule has 4 nitrogen and oxygen atoms in total. The van der Waals surface area contributed by atoms with Gasteiger partial charge in [0.25, 0.3) is 0 Å². The molecule has 2 saturated heterocycles.